The van der Waals surface area contributed by atoms with Crippen molar-refractivity contribution in [2.75, 3.05) is 0 Å². The monoisotopic (exact) mass is 381 g/mol. The fourth-order valence-electron chi connectivity index (χ4n) is 2.24. The van der Waals surface area contributed by atoms with Crippen LogP contribution in [0.3, 0.4) is 0 Å². The van der Waals surface area contributed by atoms with Crippen LogP contribution in [0.25, 0.3) is 0 Å². The molecule has 8 heteroatoms. The molecule has 0 radical (unpaired) electrons. The molecule has 3 rings (SSSR count). The minimum atomic E-state index is -0.471. The van der Waals surface area contributed by atoms with E-state index in [1.165, 1.54) is 12.3 Å². The molecule has 0 aliphatic carbocycles. The quantitative estimate of drug-likeness (QED) is 0.380. The number of amides is 1. The van der Waals surface area contributed by atoms with Gasteiger partial charge in [-0.25, -0.2) is 5.43 Å². The molecule has 0 saturated heterocycles. The fourth-order valence-corrected chi connectivity index (χ4v) is 2.93. The number of carbonyl (C=O) groups is 1. The summed E-state index contributed by atoms with van der Waals surface area (Å²) in [5.41, 5.74) is 3.75. The average Bonchev–Trinajstić information content (AvgIpc) is 3.17. The van der Waals surface area contributed by atoms with Gasteiger partial charge in [0.25, 0.3) is 5.91 Å². The number of nitrogens with zero attached hydrogens (tertiary/aromatic N) is 2. The van der Waals surface area contributed by atoms with E-state index < -0.39 is 10.8 Å². The van der Waals surface area contributed by atoms with E-state index in [0.717, 1.165) is 16.9 Å². The molecule has 1 N–H and O–H groups in total. The van der Waals surface area contributed by atoms with Crippen LogP contribution in [0, 0.1) is 10.1 Å². The number of nitrogens with one attached hydrogen (secondary N) is 1. The third-order valence-electron chi connectivity index (χ3n) is 3.52. The van der Waals surface area contributed by atoms with Crippen LogP contribution in [0.1, 0.15) is 20.8 Å². The Bertz CT molecular complexity index is 970. The molecule has 0 unspecified atom stereocenters. The van der Waals surface area contributed by atoms with Crippen LogP contribution in [-0.2, 0) is 6.61 Å². The van der Waals surface area contributed by atoms with Gasteiger partial charge < -0.3 is 4.74 Å². The second-order valence-corrected chi connectivity index (χ2v) is 6.50. The predicted molar refractivity (Wildman–Crippen MR) is 103 cm³/mol. The van der Waals surface area contributed by atoms with Gasteiger partial charge in [-0.3, -0.25) is 14.9 Å². The first-order valence-corrected chi connectivity index (χ1v) is 8.78. The SMILES string of the molecule is O=C(N/N=C/c1ccc([N+](=O)[O-])s1)c1ccccc1OCc1ccccc1. The Labute approximate surface area is 159 Å². The van der Waals surface area contributed by atoms with Gasteiger partial charge in [0.05, 0.1) is 21.6 Å². The maximum Gasteiger partial charge on any atom is 0.324 e. The molecule has 1 aromatic heterocycles. The van der Waals surface area contributed by atoms with E-state index in [1.807, 2.05) is 30.3 Å². The first-order chi connectivity index (χ1) is 13.1. The Morgan fingerprint density at radius 1 is 1.11 bits per heavy atom. The normalized spacial score (nSPS) is 10.7. The molecule has 136 valence electrons. The van der Waals surface area contributed by atoms with Crippen molar-refractivity contribution < 1.29 is 14.5 Å². The lowest BCUT2D eigenvalue weighted by molar-refractivity contribution is -0.380. The number of rotatable bonds is 7. The number of carbonyl (C=O) groups excluding carboxylic acids is 1. The molecule has 7 nitrogen and oxygen atoms in total. The third kappa shape index (κ3) is 4.99. The molecule has 0 aliphatic heterocycles. The molecule has 0 saturated carbocycles. The van der Waals surface area contributed by atoms with Crippen LogP contribution in [0.2, 0.25) is 0 Å². The van der Waals surface area contributed by atoms with Gasteiger partial charge in [-0.05, 0) is 23.8 Å². The van der Waals surface area contributed by atoms with E-state index in [2.05, 4.69) is 10.5 Å². The number of para-hydroxylation sites is 1. The highest BCUT2D eigenvalue weighted by Gasteiger charge is 2.12. The molecule has 0 fully saturated rings. The van der Waals surface area contributed by atoms with Crippen LogP contribution in [0.15, 0.2) is 71.8 Å². The number of ether oxygens (including phenoxy) is 1. The maximum atomic E-state index is 12.4. The highest BCUT2D eigenvalue weighted by molar-refractivity contribution is 7.16. The van der Waals surface area contributed by atoms with Crippen LogP contribution in [0.4, 0.5) is 5.00 Å². The van der Waals surface area contributed by atoms with Gasteiger partial charge in [-0.15, -0.1) is 0 Å². The summed E-state index contributed by atoms with van der Waals surface area (Å²) < 4.78 is 5.75. The molecule has 0 aliphatic rings. The summed E-state index contributed by atoms with van der Waals surface area (Å²) in [5.74, 6) is 0.0155. The number of nitro groups is 1. The zero-order valence-corrected chi connectivity index (χ0v) is 14.9. The van der Waals surface area contributed by atoms with Crippen molar-refractivity contribution in [3.8, 4) is 5.75 Å². The Morgan fingerprint density at radius 2 is 1.85 bits per heavy atom. The topological polar surface area (TPSA) is 93.8 Å². The zero-order valence-electron chi connectivity index (χ0n) is 14.1. The lowest BCUT2D eigenvalue weighted by Gasteiger charge is -2.10. The summed E-state index contributed by atoms with van der Waals surface area (Å²) in [5, 5.41) is 14.5. The zero-order chi connectivity index (χ0) is 19.1. The van der Waals surface area contributed by atoms with Crippen LogP contribution in [-0.4, -0.2) is 17.0 Å². The van der Waals surface area contributed by atoms with Gasteiger partial charge in [0, 0.05) is 6.07 Å². The number of benzene rings is 2. The molecule has 3 aromatic rings. The van der Waals surface area contributed by atoms with Crippen molar-refractivity contribution in [3.05, 3.63) is 92.8 Å². The lowest BCUT2D eigenvalue weighted by Crippen LogP contribution is -2.18. The second-order valence-electron chi connectivity index (χ2n) is 5.40. The minimum absolute atomic E-state index is 0.0161. The number of hydrogen-bond acceptors (Lipinski definition) is 6. The minimum Gasteiger partial charge on any atom is -0.488 e. The predicted octanol–water partition coefficient (Wildman–Crippen LogP) is 4.00. The van der Waals surface area contributed by atoms with E-state index >= 15 is 0 Å². The first kappa shape index (κ1) is 18.3. The highest BCUT2D eigenvalue weighted by Crippen LogP contribution is 2.22. The molecule has 0 atom stereocenters. The average molecular weight is 381 g/mol. The van der Waals surface area contributed by atoms with Crippen molar-refractivity contribution in [2.45, 2.75) is 6.61 Å². The van der Waals surface area contributed by atoms with E-state index in [4.69, 9.17) is 4.74 Å². The second kappa shape index (κ2) is 8.72. The number of hydrazone groups is 1. The largest absolute Gasteiger partial charge is 0.488 e. The Balaban J connectivity index is 1.64. The van der Waals surface area contributed by atoms with Crippen molar-refractivity contribution in [2.24, 2.45) is 5.10 Å². The molecule has 0 spiro atoms. The van der Waals surface area contributed by atoms with Gasteiger partial charge >= 0.3 is 5.00 Å². The Kier molecular flexibility index (Phi) is 5.91. The molecular weight excluding hydrogens is 366 g/mol. The maximum absolute atomic E-state index is 12.4. The van der Waals surface area contributed by atoms with Crippen LogP contribution in [0.5, 0.6) is 5.75 Å². The van der Waals surface area contributed by atoms with Crippen LogP contribution >= 0.6 is 11.3 Å². The van der Waals surface area contributed by atoms with Gasteiger partial charge in [0.2, 0.25) is 0 Å². The molecular formula is C19H15N3O4S. The van der Waals surface area contributed by atoms with E-state index in [9.17, 15) is 14.9 Å². The van der Waals surface area contributed by atoms with E-state index in [1.54, 1.807) is 30.3 Å². The van der Waals surface area contributed by atoms with Crippen molar-refractivity contribution in [1.82, 2.24) is 5.43 Å². The summed E-state index contributed by atoms with van der Waals surface area (Å²) >= 11 is 0.973. The van der Waals surface area contributed by atoms with Crippen molar-refractivity contribution in [1.29, 1.82) is 0 Å². The van der Waals surface area contributed by atoms with E-state index in [-0.39, 0.29) is 5.00 Å². The number of hydrogen-bond donors (Lipinski definition) is 1. The fraction of sp³-hybridized carbons (Fsp3) is 0.0526. The summed E-state index contributed by atoms with van der Waals surface area (Å²) in [7, 11) is 0. The summed E-state index contributed by atoms with van der Waals surface area (Å²) in [6, 6.07) is 19.5. The van der Waals surface area contributed by atoms with Gasteiger partial charge in [-0.2, -0.15) is 5.10 Å². The lowest BCUT2D eigenvalue weighted by atomic mass is 10.2. The highest BCUT2D eigenvalue weighted by atomic mass is 32.1. The summed E-state index contributed by atoms with van der Waals surface area (Å²) in [6.45, 7) is 0.341. The molecule has 27 heavy (non-hydrogen) atoms. The third-order valence-corrected chi connectivity index (χ3v) is 4.49. The summed E-state index contributed by atoms with van der Waals surface area (Å²) in [4.78, 5) is 23.1. The van der Waals surface area contributed by atoms with Gasteiger partial charge in [0.1, 0.15) is 12.4 Å². The standard InChI is InChI=1S/C19H15N3O4S/c23-19(21-20-12-15-10-11-18(27-15)22(24)25)16-8-4-5-9-17(16)26-13-14-6-2-1-3-7-14/h1-12H,13H2,(H,21,23)/b20-12+. The van der Waals surface area contributed by atoms with Crippen molar-refractivity contribution in [3.63, 3.8) is 0 Å². The van der Waals surface area contributed by atoms with E-state index in [0.29, 0.717) is 22.8 Å². The molecule has 1 heterocycles. The first-order valence-electron chi connectivity index (χ1n) is 7.97. The molecule has 0 bridgehead atoms. The van der Waals surface area contributed by atoms with Gasteiger partial charge in [-0.1, -0.05) is 53.8 Å². The smallest absolute Gasteiger partial charge is 0.324 e. The molecule has 2 aromatic carbocycles. The molecule has 1 amide bonds. The number of thiophene rings is 1. The Hall–Kier alpha value is -3.52. The van der Waals surface area contributed by atoms with Gasteiger partial charge in [0.15, 0.2) is 0 Å². The van der Waals surface area contributed by atoms with Crippen molar-refractivity contribution >= 4 is 28.5 Å². The van der Waals surface area contributed by atoms with Crippen LogP contribution < -0.4 is 10.2 Å². The summed E-state index contributed by atoms with van der Waals surface area (Å²) in [6.07, 6.45) is 1.36. The Morgan fingerprint density at radius 3 is 2.59 bits per heavy atom.